The summed E-state index contributed by atoms with van der Waals surface area (Å²) in [6.45, 7) is 3.86. The Labute approximate surface area is 139 Å². The number of nitro benzene ring substituents is 1. The number of hydrogen-bond acceptors (Lipinski definition) is 4. The minimum Gasteiger partial charge on any atom is -0.491 e. The van der Waals surface area contributed by atoms with Gasteiger partial charge in [0.15, 0.2) is 0 Å². The number of carbonyl (C=O) groups excluding carboxylic acids is 1. The van der Waals surface area contributed by atoms with Crippen LogP contribution in [-0.2, 0) is 4.79 Å². The van der Waals surface area contributed by atoms with Crippen LogP contribution in [0.5, 0.6) is 5.75 Å². The molecule has 0 aromatic heterocycles. The number of ether oxygens (including phenoxy) is 1. The van der Waals surface area contributed by atoms with Crippen LogP contribution in [0, 0.1) is 10.1 Å². The highest BCUT2D eigenvalue weighted by atomic mass is 16.6. The second kappa shape index (κ2) is 7.92. The Morgan fingerprint density at radius 2 is 1.92 bits per heavy atom. The fourth-order valence-electron chi connectivity index (χ4n) is 1.98. The Kier molecular flexibility index (Phi) is 5.68. The summed E-state index contributed by atoms with van der Waals surface area (Å²) >= 11 is 0. The maximum atomic E-state index is 11.9. The summed E-state index contributed by atoms with van der Waals surface area (Å²) < 4.78 is 5.57. The van der Waals surface area contributed by atoms with Crippen molar-refractivity contribution in [2.45, 2.75) is 20.0 Å². The van der Waals surface area contributed by atoms with Gasteiger partial charge >= 0.3 is 0 Å². The topological polar surface area (TPSA) is 81.5 Å². The van der Waals surface area contributed by atoms with Crippen LogP contribution in [0.25, 0.3) is 6.08 Å². The van der Waals surface area contributed by atoms with Gasteiger partial charge in [0.2, 0.25) is 5.91 Å². The molecule has 0 fully saturated rings. The number of anilines is 1. The Bertz CT molecular complexity index is 752. The lowest BCUT2D eigenvalue weighted by Gasteiger charge is -2.10. The van der Waals surface area contributed by atoms with E-state index in [1.807, 2.05) is 19.9 Å². The van der Waals surface area contributed by atoms with Gasteiger partial charge in [-0.05, 0) is 49.8 Å². The Morgan fingerprint density at radius 3 is 2.54 bits per heavy atom. The predicted octanol–water partition coefficient (Wildman–Crippen LogP) is 4.03. The third kappa shape index (κ3) is 5.24. The molecule has 0 heterocycles. The van der Waals surface area contributed by atoms with Crippen molar-refractivity contribution in [1.29, 1.82) is 0 Å². The van der Waals surface area contributed by atoms with Gasteiger partial charge in [-0.25, -0.2) is 0 Å². The normalized spacial score (nSPS) is 10.8. The predicted molar refractivity (Wildman–Crippen MR) is 93.0 cm³/mol. The largest absolute Gasteiger partial charge is 0.491 e. The van der Waals surface area contributed by atoms with Crippen molar-refractivity contribution in [2.24, 2.45) is 0 Å². The van der Waals surface area contributed by atoms with Gasteiger partial charge in [-0.1, -0.05) is 6.07 Å². The molecule has 0 bridgehead atoms. The van der Waals surface area contributed by atoms with Crippen molar-refractivity contribution < 1.29 is 14.5 Å². The first-order valence-electron chi connectivity index (χ1n) is 7.44. The average molecular weight is 326 g/mol. The van der Waals surface area contributed by atoms with E-state index in [1.165, 1.54) is 18.2 Å². The first-order chi connectivity index (χ1) is 11.4. The quantitative estimate of drug-likeness (QED) is 0.493. The number of nitrogens with zero attached hydrogens (tertiary/aromatic N) is 1. The maximum absolute atomic E-state index is 11.9. The fraction of sp³-hybridized carbons (Fsp3) is 0.167. The summed E-state index contributed by atoms with van der Waals surface area (Å²) in [6, 6.07) is 13.1. The van der Waals surface area contributed by atoms with Crippen LogP contribution >= 0.6 is 0 Å². The van der Waals surface area contributed by atoms with E-state index in [2.05, 4.69) is 5.32 Å². The lowest BCUT2D eigenvalue weighted by Crippen LogP contribution is -2.09. The summed E-state index contributed by atoms with van der Waals surface area (Å²) in [5, 5.41) is 13.3. The zero-order valence-electron chi connectivity index (χ0n) is 13.4. The van der Waals surface area contributed by atoms with Crippen LogP contribution < -0.4 is 10.1 Å². The van der Waals surface area contributed by atoms with Crippen LogP contribution in [-0.4, -0.2) is 16.9 Å². The second-order valence-corrected chi connectivity index (χ2v) is 5.37. The Morgan fingerprint density at radius 1 is 1.21 bits per heavy atom. The molecule has 2 rings (SSSR count). The van der Waals surface area contributed by atoms with Gasteiger partial charge in [0.05, 0.1) is 11.0 Å². The van der Waals surface area contributed by atoms with E-state index in [-0.39, 0.29) is 17.7 Å². The zero-order chi connectivity index (χ0) is 17.5. The van der Waals surface area contributed by atoms with E-state index in [0.717, 1.165) is 0 Å². The molecule has 24 heavy (non-hydrogen) atoms. The van der Waals surface area contributed by atoms with E-state index in [0.29, 0.717) is 17.0 Å². The standard InChI is InChI=1S/C18H18N2O4/c1-13(2)24-17-5-3-4-15(12-17)19-18(21)11-8-14-6-9-16(10-7-14)20(22)23/h3-13H,1-2H3,(H,19,21)/b11-8+. The van der Waals surface area contributed by atoms with Gasteiger partial charge in [0.1, 0.15) is 5.75 Å². The molecule has 0 aliphatic carbocycles. The van der Waals surface area contributed by atoms with Crippen molar-refractivity contribution in [2.75, 3.05) is 5.32 Å². The Balaban J connectivity index is 1.98. The van der Waals surface area contributed by atoms with E-state index < -0.39 is 4.92 Å². The molecule has 0 saturated carbocycles. The van der Waals surface area contributed by atoms with Gasteiger partial charge < -0.3 is 10.1 Å². The third-order valence-corrected chi connectivity index (χ3v) is 3.00. The molecule has 6 heteroatoms. The molecule has 124 valence electrons. The van der Waals surface area contributed by atoms with Crippen molar-refractivity contribution in [3.63, 3.8) is 0 Å². The zero-order valence-corrected chi connectivity index (χ0v) is 13.4. The summed E-state index contributed by atoms with van der Waals surface area (Å²) in [4.78, 5) is 22.1. The fourth-order valence-corrected chi connectivity index (χ4v) is 1.98. The van der Waals surface area contributed by atoms with Crippen LogP contribution in [0.15, 0.2) is 54.6 Å². The number of carbonyl (C=O) groups is 1. The van der Waals surface area contributed by atoms with Crippen molar-refractivity contribution in [3.05, 3.63) is 70.3 Å². The SMILES string of the molecule is CC(C)Oc1cccc(NC(=O)/C=C/c2ccc([N+](=O)[O-])cc2)c1. The smallest absolute Gasteiger partial charge is 0.269 e. The van der Waals surface area contributed by atoms with Crippen molar-refractivity contribution in [3.8, 4) is 5.75 Å². The van der Waals surface area contributed by atoms with Gasteiger partial charge in [0, 0.05) is 30.0 Å². The minimum atomic E-state index is -0.466. The first-order valence-corrected chi connectivity index (χ1v) is 7.44. The monoisotopic (exact) mass is 326 g/mol. The molecule has 0 saturated heterocycles. The number of nitro groups is 1. The van der Waals surface area contributed by atoms with Crippen LogP contribution in [0.2, 0.25) is 0 Å². The van der Waals surface area contributed by atoms with E-state index in [1.54, 1.807) is 36.4 Å². The van der Waals surface area contributed by atoms with E-state index in [4.69, 9.17) is 4.74 Å². The highest BCUT2D eigenvalue weighted by molar-refractivity contribution is 6.02. The third-order valence-electron chi connectivity index (χ3n) is 3.00. The van der Waals surface area contributed by atoms with Crippen LogP contribution in [0.1, 0.15) is 19.4 Å². The molecule has 0 unspecified atom stereocenters. The highest BCUT2D eigenvalue weighted by Crippen LogP contribution is 2.18. The van der Waals surface area contributed by atoms with Gasteiger partial charge in [-0.15, -0.1) is 0 Å². The molecular formula is C18H18N2O4. The summed E-state index contributed by atoms with van der Waals surface area (Å²) in [5.41, 5.74) is 1.35. The van der Waals surface area contributed by atoms with E-state index in [9.17, 15) is 14.9 Å². The van der Waals surface area contributed by atoms with Gasteiger partial charge in [0.25, 0.3) is 5.69 Å². The lowest BCUT2D eigenvalue weighted by atomic mass is 10.2. The average Bonchev–Trinajstić information content (AvgIpc) is 2.53. The molecule has 0 atom stereocenters. The molecular weight excluding hydrogens is 308 g/mol. The number of rotatable bonds is 6. The number of amides is 1. The number of nitrogens with one attached hydrogen (secondary N) is 1. The van der Waals surface area contributed by atoms with Gasteiger partial charge in [-0.3, -0.25) is 14.9 Å². The number of benzene rings is 2. The Hall–Kier alpha value is -3.15. The van der Waals surface area contributed by atoms with Crippen molar-refractivity contribution in [1.82, 2.24) is 0 Å². The first kappa shape index (κ1) is 17.2. The molecule has 0 aliphatic rings. The maximum Gasteiger partial charge on any atom is 0.269 e. The second-order valence-electron chi connectivity index (χ2n) is 5.37. The van der Waals surface area contributed by atoms with Gasteiger partial charge in [-0.2, -0.15) is 0 Å². The molecule has 1 N–H and O–H groups in total. The number of non-ortho nitro benzene ring substituents is 1. The van der Waals surface area contributed by atoms with Crippen LogP contribution in [0.3, 0.4) is 0 Å². The molecule has 6 nitrogen and oxygen atoms in total. The molecule has 2 aromatic rings. The summed E-state index contributed by atoms with van der Waals surface area (Å²) in [7, 11) is 0. The molecule has 2 aromatic carbocycles. The molecule has 0 radical (unpaired) electrons. The highest BCUT2D eigenvalue weighted by Gasteiger charge is 2.04. The minimum absolute atomic E-state index is 0.0126. The van der Waals surface area contributed by atoms with E-state index >= 15 is 0 Å². The van der Waals surface area contributed by atoms with Crippen molar-refractivity contribution >= 4 is 23.4 Å². The lowest BCUT2D eigenvalue weighted by molar-refractivity contribution is -0.384. The van der Waals surface area contributed by atoms with Crippen LogP contribution in [0.4, 0.5) is 11.4 Å². The summed E-state index contributed by atoms with van der Waals surface area (Å²) in [5.74, 6) is 0.386. The molecule has 0 aliphatic heterocycles. The molecule has 1 amide bonds. The number of hydrogen-bond donors (Lipinski definition) is 1. The molecule has 0 spiro atoms. The summed E-state index contributed by atoms with van der Waals surface area (Å²) in [6.07, 6.45) is 3.02.